The van der Waals surface area contributed by atoms with E-state index in [9.17, 15) is 9.59 Å². The van der Waals surface area contributed by atoms with Crippen LogP contribution in [-0.2, 0) is 20.9 Å². The van der Waals surface area contributed by atoms with Crippen molar-refractivity contribution in [3.8, 4) is 0 Å². The number of aromatic nitrogens is 1. The van der Waals surface area contributed by atoms with Crippen LogP contribution in [0.15, 0.2) is 10.4 Å². The number of esters is 1. The number of carbonyl (C=O) groups excluding carboxylic acids is 2. The van der Waals surface area contributed by atoms with Gasteiger partial charge in [-0.3, -0.25) is 9.79 Å². The van der Waals surface area contributed by atoms with Gasteiger partial charge >= 0.3 is 5.97 Å². The Morgan fingerprint density at radius 1 is 1.57 bits per heavy atom. The monoisotopic (exact) mass is 357 g/mol. The SMILES string of the molecule is COC(=O)[C@]1(C)CSC(c2csc(CNC(=O)C[C@@H](C)O)n2)=N1. The lowest BCUT2D eigenvalue weighted by Crippen LogP contribution is -2.34. The van der Waals surface area contributed by atoms with Crippen LogP contribution in [0.5, 0.6) is 0 Å². The highest BCUT2D eigenvalue weighted by molar-refractivity contribution is 8.14. The second kappa shape index (κ2) is 7.41. The van der Waals surface area contributed by atoms with Crippen LogP contribution < -0.4 is 5.32 Å². The first-order valence-electron chi connectivity index (χ1n) is 7.04. The minimum Gasteiger partial charge on any atom is -0.467 e. The van der Waals surface area contributed by atoms with Gasteiger partial charge in [-0.2, -0.15) is 0 Å². The molecule has 1 aromatic rings. The van der Waals surface area contributed by atoms with Crippen LogP contribution in [0.2, 0.25) is 0 Å². The molecule has 1 aliphatic rings. The molecule has 1 amide bonds. The molecule has 0 spiro atoms. The van der Waals surface area contributed by atoms with Gasteiger partial charge < -0.3 is 15.2 Å². The van der Waals surface area contributed by atoms with Gasteiger partial charge in [-0.25, -0.2) is 9.78 Å². The van der Waals surface area contributed by atoms with Crippen LogP contribution >= 0.6 is 23.1 Å². The molecule has 2 atom stereocenters. The maximum absolute atomic E-state index is 11.8. The van der Waals surface area contributed by atoms with E-state index in [4.69, 9.17) is 9.84 Å². The molecule has 0 aromatic carbocycles. The first-order chi connectivity index (χ1) is 10.8. The summed E-state index contributed by atoms with van der Waals surface area (Å²) in [7, 11) is 1.35. The third kappa shape index (κ3) is 4.52. The molecule has 9 heteroatoms. The van der Waals surface area contributed by atoms with E-state index in [2.05, 4.69) is 15.3 Å². The number of hydrogen-bond donors (Lipinski definition) is 2. The lowest BCUT2D eigenvalue weighted by atomic mass is 10.1. The topological polar surface area (TPSA) is 101 Å². The van der Waals surface area contributed by atoms with Crippen LogP contribution in [0.4, 0.5) is 0 Å². The summed E-state index contributed by atoms with van der Waals surface area (Å²) < 4.78 is 4.78. The molecule has 0 aliphatic carbocycles. The predicted molar refractivity (Wildman–Crippen MR) is 89.7 cm³/mol. The number of hydrogen-bond acceptors (Lipinski definition) is 8. The van der Waals surface area contributed by atoms with Crippen LogP contribution in [0, 0.1) is 0 Å². The molecule has 0 saturated carbocycles. The van der Waals surface area contributed by atoms with Gasteiger partial charge in [0.2, 0.25) is 5.91 Å². The van der Waals surface area contributed by atoms with E-state index in [1.54, 1.807) is 13.8 Å². The van der Waals surface area contributed by atoms with Gasteiger partial charge in [0, 0.05) is 11.1 Å². The summed E-state index contributed by atoms with van der Waals surface area (Å²) in [5.41, 5.74) is -0.170. The van der Waals surface area contributed by atoms with E-state index in [-0.39, 0.29) is 18.3 Å². The molecule has 2 N–H and O–H groups in total. The fraction of sp³-hybridized carbons (Fsp3) is 0.571. The zero-order valence-electron chi connectivity index (χ0n) is 13.2. The van der Waals surface area contributed by atoms with Crippen molar-refractivity contribution in [1.29, 1.82) is 0 Å². The van der Waals surface area contributed by atoms with Crippen molar-refractivity contribution in [2.24, 2.45) is 4.99 Å². The molecule has 0 bridgehead atoms. The molecular formula is C14H19N3O4S2. The Morgan fingerprint density at radius 2 is 2.30 bits per heavy atom. The second-order valence-corrected chi connectivity index (χ2v) is 7.33. The van der Waals surface area contributed by atoms with Gasteiger partial charge in [-0.15, -0.1) is 23.1 Å². The summed E-state index contributed by atoms with van der Waals surface area (Å²) in [4.78, 5) is 32.1. The number of rotatable bonds is 6. The number of amides is 1. The van der Waals surface area contributed by atoms with Crippen molar-refractivity contribution in [2.75, 3.05) is 12.9 Å². The third-order valence-corrected chi connectivity index (χ3v) is 5.28. The zero-order chi connectivity index (χ0) is 17.0. The number of aliphatic hydroxyl groups is 1. The van der Waals surface area contributed by atoms with Gasteiger partial charge in [0.05, 0.1) is 26.2 Å². The Balaban J connectivity index is 1.99. The fourth-order valence-corrected chi connectivity index (χ4v) is 3.87. The summed E-state index contributed by atoms with van der Waals surface area (Å²) in [6, 6.07) is 0. The Morgan fingerprint density at radius 3 is 2.96 bits per heavy atom. The molecule has 0 fully saturated rings. The van der Waals surface area contributed by atoms with E-state index in [0.29, 0.717) is 23.0 Å². The van der Waals surface area contributed by atoms with E-state index in [1.807, 2.05) is 5.38 Å². The van der Waals surface area contributed by atoms with Crippen LogP contribution in [0.3, 0.4) is 0 Å². The number of nitrogens with one attached hydrogen (secondary N) is 1. The van der Waals surface area contributed by atoms with Gasteiger partial charge in [0.1, 0.15) is 15.7 Å². The van der Waals surface area contributed by atoms with E-state index >= 15 is 0 Å². The molecule has 0 radical (unpaired) electrons. The minimum absolute atomic E-state index is 0.0677. The number of ether oxygens (including phenoxy) is 1. The molecule has 1 aliphatic heterocycles. The number of thioether (sulfide) groups is 1. The lowest BCUT2D eigenvalue weighted by Gasteiger charge is -2.15. The molecule has 1 aromatic heterocycles. The Kier molecular flexibility index (Phi) is 5.77. The van der Waals surface area contributed by atoms with Crippen molar-refractivity contribution in [3.63, 3.8) is 0 Å². The standard InChI is InChI=1S/C14H19N3O4S2/c1-8(18)4-10(19)15-5-11-16-9(6-22-11)12-17-14(2,7-23-12)13(20)21-3/h6,8,18H,4-5,7H2,1-3H3,(H,15,19)/t8-,14+/m1/s1. The molecule has 0 saturated heterocycles. The average Bonchev–Trinajstić information content (AvgIpc) is 3.11. The number of thiazole rings is 1. The second-order valence-electron chi connectivity index (χ2n) is 5.43. The Labute approximate surface area is 142 Å². The molecule has 126 valence electrons. The summed E-state index contributed by atoms with van der Waals surface area (Å²) in [5.74, 6) is -0.0593. The van der Waals surface area contributed by atoms with Crippen molar-refractivity contribution in [2.45, 2.75) is 38.5 Å². The number of aliphatic hydroxyl groups excluding tert-OH is 1. The Hall–Kier alpha value is -1.45. The highest BCUT2D eigenvalue weighted by Gasteiger charge is 2.40. The van der Waals surface area contributed by atoms with Crippen molar-refractivity contribution in [1.82, 2.24) is 10.3 Å². The van der Waals surface area contributed by atoms with Crippen molar-refractivity contribution >= 4 is 40.0 Å². The highest BCUT2D eigenvalue weighted by atomic mass is 32.2. The predicted octanol–water partition coefficient (Wildman–Crippen LogP) is 0.955. The molecule has 7 nitrogen and oxygen atoms in total. The average molecular weight is 357 g/mol. The number of carbonyl (C=O) groups is 2. The molecule has 0 unspecified atom stereocenters. The minimum atomic E-state index is -0.871. The maximum Gasteiger partial charge on any atom is 0.334 e. The van der Waals surface area contributed by atoms with Crippen LogP contribution in [-0.4, -0.2) is 51.5 Å². The molecular weight excluding hydrogens is 338 g/mol. The molecule has 2 heterocycles. The zero-order valence-corrected chi connectivity index (χ0v) is 14.8. The first-order valence-corrected chi connectivity index (χ1v) is 8.91. The summed E-state index contributed by atoms with van der Waals surface area (Å²) >= 11 is 2.88. The van der Waals surface area contributed by atoms with E-state index in [0.717, 1.165) is 5.01 Å². The van der Waals surface area contributed by atoms with Crippen molar-refractivity contribution < 1.29 is 19.4 Å². The van der Waals surface area contributed by atoms with Gasteiger partial charge in [0.15, 0.2) is 5.54 Å². The quantitative estimate of drug-likeness (QED) is 0.735. The van der Waals surface area contributed by atoms with Crippen LogP contribution in [0.25, 0.3) is 0 Å². The normalized spacial score (nSPS) is 21.7. The molecule has 23 heavy (non-hydrogen) atoms. The maximum atomic E-state index is 11.8. The van der Waals surface area contributed by atoms with E-state index in [1.165, 1.54) is 30.2 Å². The smallest absolute Gasteiger partial charge is 0.334 e. The highest BCUT2D eigenvalue weighted by Crippen LogP contribution is 2.32. The van der Waals surface area contributed by atoms with Gasteiger partial charge in [-0.05, 0) is 13.8 Å². The number of nitrogens with zero attached hydrogens (tertiary/aromatic N) is 2. The third-order valence-electron chi connectivity index (χ3n) is 3.15. The van der Waals surface area contributed by atoms with Gasteiger partial charge in [0.25, 0.3) is 0 Å². The summed E-state index contributed by atoms with van der Waals surface area (Å²) in [6.07, 6.45) is -0.597. The summed E-state index contributed by atoms with van der Waals surface area (Å²) in [6.45, 7) is 3.61. The number of aliphatic imine (C=N–C) groups is 1. The lowest BCUT2D eigenvalue weighted by molar-refractivity contribution is -0.145. The van der Waals surface area contributed by atoms with Crippen molar-refractivity contribution in [3.05, 3.63) is 16.1 Å². The van der Waals surface area contributed by atoms with Crippen LogP contribution in [0.1, 0.15) is 31.0 Å². The van der Waals surface area contributed by atoms with E-state index < -0.39 is 11.6 Å². The fourth-order valence-electron chi connectivity index (χ4n) is 1.96. The first kappa shape index (κ1) is 17.9. The summed E-state index contributed by atoms with van der Waals surface area (Å²) in [5, 5.41) is 15.2. The number of methoxy groups -OCH3 is 1. The molecule has 2 rings (SSSR count). The largest absolute Gasteiger partial charge is 0.467 e. The van der Waals surface area contributed by atoms with Gasteiger partial charge in [-0.1, -0.05) is 0 Å². The Bertz CT molecular complexity index is 629.